The Hall–Kier alpha value is -1.03. The predicted octanol–water partition coefficient (Wildman–Crippen LogP) is 1.48. The second kappa shape index (κ2) is 5.89. The molecule has 0 unspecified atom stereocenters. The van der Waals surface area contributed by atoms with Crippen molar-refractivity contribution in [2.75, 3.05) is 31.1 Å². The molecule has 1 aromatic rings. The van der Waals surface area contributed by atoms with E-state index in [0.29, 0.717) is 0 Å². The van der Waals surface area contributed by atoms with E-state index < -0.39 is 0 Å². The van der Waals surface area contributed by atoms with Crippen molar-refractivity contribution in [2.45, 2.75) is 32.7 Å². The number of aryl methyl sites for hydroxylation is 1. The second-order valence-corrected chi connectivity index (χ2v) is 4.36. The Morgan fingerprint density at radius 1 is 1.38 bits per heavy atom. The predicted molar refractivity (Wildman–Crippen MR) is 66.8 cm³/mol. The molecule has 0 amide bonds. The molecule has 1 saturated heterocycles. The third kappa shape index (κ3) is 2.76. The molecule has 2 rings (SSSR count). The molecule has 4 heteroatoms. The summed E-state index contributed by atoms with van der Waals surface area (Å²) in [6, 6.07) is 0. The fourth-order valence-electron chi connectivity index (χ4n) is 2.13. The largest absolute Gasteiger partial charge is 0.341 e. The molecule has 2 heterocycles. The molecule has 1 fully saturated rings. The number of hydrogen-bond acceptors (Lipinski definition) is 3. The van der Waals surface area contributed by atoms with Gasteiger partial charge in [0.25, 0.3) is 0 Å². The van der Waals surface area contributed by atoms with E-state index in [1.807, 2.05) is 6.20 Å². The number of anilines is 1. The number of nitrogens with zero attached hydrogens (tertiary/aromatic N) is 3. The van der Waals surface area contributed by atoms with Crippen LogP contribution in [0.15, 0.2) is 12.4 Å². The number of nitrogens with one attached hydrogen (secondary N) is 1. The first kappa shape index (κ1) is 11.5. The maximum atomic E-state index is 4.50. The Labute approximate surface area is 97.7 Å². The van der Waals surface area contributed by atoms with Gasteiger partial charge in [0.05, 0.1) is 0 Å². The topological polar surface area (TPSA) is 33.1 Å². The SMILES string of the molecule is CCCCn1ccnc1N1CCCNCC1. The summed E-state index contributed by atoms with van der Waals surface area (Å²) in [6.07, 6.45) is 7.70. The average Bonchev–Trinajstić information content (AvgIpc) is 2.60. The standard InChI is InChI=1S/C12H22N4/c1-2-3-8-15-11-7-14-12(15)16-9-4-5-13-6-10-16/h7,11,13H,2-6,8-10H2,1H3. The highest BCUT2D eigenvalue weighted by Gasteiger charge is 2.13. The summed E-state index contributed by atoms with van der Waals surface area (Å²) in [5.74, 6) is 1.15. The third-order valence-corrected chi connectivity index (χ3v) is 3.07. The van der Waals surface area contributed by atoms with Crippen LogP contribution in [0.3, 0.4) is 0 Å². The van der Waals surface area contributed by atoms with Crippen LogP contribution in [0.2, 0.25) is 0 Å². The quantitative estimate of drug-likeness (QED) is 0.837. The number of imidazole rings is 1. The van der Waals surface area contributed by atoms with Crippen molar-refractivity contribution in [3.05, 3.63) is 12.4 Å². The van der Waals surface area contributed by atoms with Crippen molar-refractivity contribution in [1.82, 2.24) is 14.9 Å². The van der Waals surface area contributed by atoms with Gasteiger partial charge in [-0.3, -0.25) is 0 Å². The van der Waals surface area contributed by atoms with Gasteiger partial charge in [0.2, 0.25) is 5.95 Å². The van der Waals surface area contributed by atoms with Crippen LogP contribution in [-0.4, -0.2) is 35.7 Å². The Balaban J connectivity index is 2.03. The van der Waals surface area contributed by atoms with Gasteiger partial charge < -0.3 is 14.8 Å². The number of hydrogen-bond donors (Lipinski definition) is 1. The summed E-state index contributed by atoms with van der Waals surface area (Å²) < 4.78 is 2.29. The molecule has 0 atom stereocenters. The van der Waals surface area contributed by atoms with Crippen LogP contribution < -0.4 is 10.2 Å². The zero-order valence-electron chi connectivity index (χ0n) is 10.2. The molecule has 16 heavy (non-hydrogen) atoms. The van der Waals surface area contributed by atoms with Crippen molar-refractivity contribution in [2.24, 2.45) is 0 Å². The van der Waals surface area contributed by atoms with E-state index >= 15 is 0 Å². The van der Waals surface area contributed by atoms with Crippen LogP contribution in [0.5, 0.6) is 0 Å². The van der Waals surface area contributed by atoms with Crippen LogP contribution in [0.4, 0.5) is 5.95 Å². The minimum atomic E-state index is 1.07. The number of unbranched alkanes of at least 4 members (excludes halogenated alkanes) is 1. The van der Waals surface area contributed by atoms with Crippen molar-refractivity contribution in [3.8, 4) is 0 Å². The van der Waals surface area contributed by atoms with Gasteiger partial charge in [0, 0.05) is 38.6 Å². The molecule has 1 aromatic heterocycles. The maximum absolute atomic E-state index is 4.50. The number of aromatic nitrogens is 2. The van der Waals surface area contributed by atoms with Gasteiger partial charge >= 0.3 is 0 Å². The van der Waals surface area contributed by atoms with Gasteiger partial charge in [-0.2, -0.15) is 0 Å². The molecule has 90 valence electrons. The normalized spacial score (nSPS) is 17.4. The molecule has 0 saturated carbocycles. The van der Waals surface area contributed by atoms with Crippen LogP contribution in [0.1, 0.15) is 26.2 Å². The highest BCUT2D eigenvalue weighted by atomic mass is 15.3. The highest BCUT2D eigenvalue weighted by molar-refractivity contribution is 5.31. The average molecular weight is 222 g/mol. The van der Waals surface area contributed by atoms with E-state index in [1.165, 1.54) is 19.3 Å². The van der Waals surface area contributed by atoms with Gasteiger partial charge in [-0.05, 0) is 19.4 Å². The zero-order chi connectivity index (χ0) is 11.2. The lowest BCUT2D eigenvalue weighted by Crippen LogP contribution is -2.30. The summed E-state index contributed by atoms with van der Waals surface area (Å²) in [5.41, 5.74) is 0. The van der Waals surface area contributed by atoms with Gasteiger partial charge in [0.15, 0.2) is 0 Å². The van der Waals surface area contributed by atoms with Crippen LogP contribution in [0.25, 0.3) is 0 Å². The summed E-state index contributed by atoms with van der Waals surface area (Å²) in [5, 5.41) is 3.42. The first-order chi connectivity index (χ1) is 7.92. The highest BCUT2D eigenvalue weighted by Crippen LogP contribution is 2.13. The Morgan fingerprint density at radius 2 is 2.31 bits per heavy atom. The van der Waals surface area contributed by atoms with E-state index in [-0.39, 0.29) is 0 Å². The molecule has 4 nitrogen and oxygen atoms in total. The fourth-order valence-corrected chi connectivity index (χ4v) is 2.13. The Bertz CT molecular complexity index is 300. The fraction of sp³-hybridized carbons (Fsp3) is 0.750. The summed E-state index contributed by atoms with van der Waals surface area (Å²) in [6.45, 7) is 7.72. The van der Waals surface area contributed by atoms with E-state index in [4.69, 9.17) is 0 Å². The van der Waals surface area contributed by atoms with E-state index in [9.17, 15) is 0 Å². The first-order valence-corrected chi connectivity index (χ1v) is 6.38. The minimum absolute atomic E-state index is 1.07. The minimum Gasteiger partial charge on any atom is -0.341 e. The molecule has 0 aromatic carbocycles. The van der Waals surface area contributed by atoms with Gasteiger partial charge in [-0.15, -0.1) is 0 Å². The molecular formula is C12H22N4. The van der Waals surface area contributed by atoms with Crippen LogP contribution in [-0.2, 0) is 6.54 Å². The van der Waals surface area contributed by atoms with Gasteiger partial charge in [-0.1, -0.05) is 13.3 Å². The second-order valence-electron chi connectivity index (χ2n) is 4.36. The van der Waals surface area contributed by atoms with Crippen LogP contribution >= 0.6 is 0 Å². The first-order valence-electron chi connectivity index (χ1n) is 6.38. The zero-order valence-corrected chi connectivity index (χ0v) is 10.2. The summed E-state index contributed by atoms with van der Waals surface area (Å²) in [4.78, 5) is 6.89. The molecule has 0 spiro atoms. The van der Waals surface area contributed by atoms with E-state index in [1.54, 1.807) is 0 Å². The molecular weight excluding hydrogens is 200 g/mol. The molecule has 1 N–H and O–H groups in total. The Kier molecular flexibility index (Phi) is 4.22. The molecule has 1 aliphatic rings. The van der Waals surface area contributed by atoms with Crippen molar-refractivity contribution < 1.29 is 0 Å². The van der Waals surface area contributed by atoms with Crippen molar-refractivity contribution in [3.63, 3.8) is 0 Å². The van der Waals surface area contributed by atoms with E-state index in [0.717, 1.165) is 38.7 Å². The summed E-state index contributed by atoms with van der Waals surface area (Å²) in [7, 11) is 0. The monoisotopic (exact) mass is 222 g/mol. The Morgan fingerprint density at radius 3 is 3.19 bits per heavy atom. The lowest BCUT2D eigenvalue weighted by atomic mass is 10.3. The molecule has 0 aliphatic carbocycles. The van der Waals surface area contributed by atoms with Crippen LogP contribution in [0, 0.1) is 0 Å². The lowest BCUT2D eigenvalue weighted by molar-refractivity contribution is 0.616. The maximum Gasteiger partial charge on any atom is 0.205 e. The molecule has 0 bridgehead atoms. The number of rotatable bonds is 4. The molecule has 1 aliphatic heterocycles. The van der Waals surface area contributed by atoms with E-state index in [2.05, 4.69) is 32.9 Å². The lowest BCUT2D eigenvalue weighted by Gasteiger charge is -2.22. The third-order valence-electron chi connectivity index (χ3n) is 3.07. The van der Waals surface area contributed by atoms with Gasteiger partial charge in [-0.25, -0.2) is 4.98 Å². The van der Waals surface area contributed by atoms with Crippen molar-refractivity contribution >= 4 is 5.95 Å². The smallest absolute Gasteiger partial charge is 0.205 e. The van der Waals surface area contributed by atoms with Gasteiger partial charge in [0.1, 0.15) is 0 Å². The van der Waals surface area contributed by atoms with Crippen molar-refractivity contribution in [1.29, 1.82) is 0 Å². The molecule has 0 radical (unpaired) electrons. The summed E-state index contributed by atoms with van der Waals surface area (Å²) >= 11 is 0.